The Bertz CT molecular complexity index is 433. The Morgan fingerprint density at radius 1 is 1.25 bits per heavy atom. The van der Waals surface area contributed by atoms with Crippen LogP contribution in [0.2, 0.25) is 0 Å². The average molecular weight is 217 g/mol. The van der Waals surface area contributed by atoms with E-state index in [1.807, 2.05) is 24.3 Å². The molecule has 1 spiro atoms. The van der Waals surface area contributed by atoms with E-state index in [-0.39, 0.29) is 11.6 Å². The third-order valence-corrected chi connectivity index (χ3v) is 3.69. The van der Waals surface area contributed by atoms with Gasteiger partial charge in [0.1, 0.15) is 5.60 Å². The number of benzene rings is 1. The molecule has 0 amide bonds. The first-order valence-electron chi connectivity index (χ1n) is 5.71. The largest absolute Gasteiger partial charge is 0.468 e. The molecule has 0 saturated carbocycles. The van der Waals surface area contributed by atoms with Crippen molar-refractivity contribution in [2.45, 2.75) is 18.4 Å². The lowest BCUT2D eigenvalue weighted by molar-refractivity contribution is -0.862. The molecule has 0 bridgehead atoms. The number of rotatable bonds is 0. The molecule has 2 aliphatic rings. The maximum atomic E-state index is 11.8. The lowest BCUT2D eigenvalue weighted by Crippen LogP contribution is -3.08. The zero-order valence-electron chi connectivity index (χ0n) is 9.16. The molecule has 1 N–H and O–H groups in total. The van der Waals surface area contributed by atoms with Gasteiger partial charge in [0, 0.05) is 18.4 Å². The zero-order chi connectivity index (χ0) is 11.2. The van der Waals surface area contributed by atoms with E-state index in [1.165, 1.54) is 4.90 Å². The number of carbonyl (C=O) groups is 1. The van der Waals surface area contributed by atoms with Crippen LogP contribution in [0.5, 0.6) is 0 Å². The molecule has 1 fully saturated rings. The summed E-state index contributed by atoms with van der Waals surface area (Å²) >= 11 is 0. The molecule has 1 saturated heterocycles. The monoisotopic (exact) mass is 217 g/mol. The highest BCUT2D eigenvalue weighted by atomic mass is 16.6. The molecule has 0 radical (unpaired) electrons. The minimum Gasteiger partial charge on any atom is -0.468 e. The number of quaternary nitrogens is 1. The van der Waals surface area contributed by atoms with Gasteiger partial charge in [-0.2, -0.15) is 7.05 Å². The predicted octanol–water partition coefficient (Wildman–Crippen LogP) is 0.523. The molecule has 0 aromatic heterocycles. The molecule has 0 atom stereocenters. The number of carbonyl (C=O) groups excluding carboxylic acids is 1. The van der Waals surface area contributed by atoms with Gasteiger partial charge < -0.3 is 9.64 Å². The summed E-state index contributed by atoms with van der Waals surface area (Å²) in [6.07, 6.45) is 1.77. The Kier molecular flexibility index (Phi) is 2.04. The summed E-state index contributed by atoms with van der Waals surface area (Å²) in [5, 5.41) is 0. The Hall–Kier alpha value is -1.35. The summed E-state index contributed by atoms with van der Waals surface area (Å²) in [5.74, 6) is -0.164. The van der Waals surface area contributed by atoms with Crippen molar-refractivity contribution in [3.63, 3.8) is 0 Å². The van der Waals surface area contributed by atoms with Crippen LogP contribution in [0.15, 0.2) is 24.3 Å². The number of ether oxygens (including phenoxy) is 1. The van der Waals surface area contributed by atoms with Crippen molar-refractivity contribution in [1.29, 1.82) is 0 Å². The summed E-state index contributed by atoms with van der Waals surface area (Å²) < 4.78 is 5.63. The standard InChI is InChI=1S/C13H15NO2/c1-14-8-6-13(7-9-14)11-5-3-2-4-10(11)12(15)16-13/h2-5,14H,1,6-9H2. The van der Waals surface area contributed by atoms with Crippen LogP contribution in [-0.2, 0) is 10.3 Å². The van der Waals surface area contributed by atoms with Gasteiger partial charge in [0.15, 0.2) is 0 Å². The van der Waals surface area contributed by atoms with E-state index in [0.717, 1.165) is 37.1 Å². The maximum absolute atomic E-state index is 11.8. The quantitative estimate of drug-likeness (QED) is 0.507. The van der Waals surface area contributed by atoms with Crippen LogP contribution in [0.25, 0.3) is 0 Å². The number of likely N-dealkylation sites (tertiary alicyclic amines) is 1. The second kappa shape index (κ2) is 3.32. The summed E-state index contributed by atoms with van der Waals surface area (Å²) in [6.45, 7) is 1.92. The molecule has 16 heavy (non-hydrogen) atoms. The van der Waals surface area contributed by atoms with Crippen molar-refractivity contribution < 1.29 is 14.4 Å². The maximum Gasteiger partial charge on any atom is 0.339 e. The van der Waals surface area contributed by atoms with E-state index in [1.54, 1.807) is 0 Å². The van der Waals surface area contributed by atoms with Crippen LogP contribution in [0, 0.1) is 7.05 Å². The molecule has 3 rings (SSSR count). The number of piperidine rings is 1. The lowest BCUT2D eigenvalue weighted by Gasteiger charge is -2.37. The minimum atomic E-state index is -0.352. The number of hydrogen-bond donors (Lipinski definition) is 1. The highest BCUT2D eigenvalue weighted by Gasteiger charge is 2.47. The molecule has 3 heteroatoms. The fraction of sp³-hybridized carbons (Fsp3) is 0.385. The molecule has 84 valence electrons. The van der Waals surface area contributed by atoms with Crippen molar-refractivity contribution in [1.82, 2.24) is 0 Å². The first-order chi connectivity index (χ1) is 7.71. The zero-order valence-corrected chi connectivity index (χ0v) is 9.16. The van der Waals surface area contributed by atoms with E-state index in [0.29, 0.717) is 0 Å². The van der Waals surface area contributed by atoms with Gasteiger partial charge in [-0.1, -0.05) is 18.2 Å². The van der Waals surface area contributed by atoms with Crippen LogP contribution in [0.3, 0.4) is 0 Å². The van der Waals surface area contributed by atoms with Gasteiger partial charge >= 0.3 is 5.97 Å². The van der Waals surface area contributed by atoms with Gasteiger partial charge in [0.25, 0.3) is 0 Å². The van der Waals surface area contributed by atoms with Crippen molar-refractivity contribution in [2.75, 3.05) is 13.1 Å². The lowest BCUT2D eigenvalue weighted by atomic mass is 9.84. The second-order valence-electron chi connectivity index (χ2n) is 4.68. The highest BCUT2D eigenvalue weighted by Crippen LogP contribution is 2.41. The van der Waals surface area contributed by atoms with Crippen molar-refractivity contribution in [2.24, 2.45) is 0 Å². The van der Waals surface area contributed by atoms with E-state index >= 15 is 0 Å². The van der Waals surface area contributed by atoms with Crippen molar-refractivity contribution >= 4 is 5.97 Å². The van der Waals surface area contributed by atoms with Crippen molar-refractivity contribution in [3.05, 3.63) is 42.4 Å². The van der Waals surface area contributed by atoms with Gasteiger partial charge in [-0.15, -0.1) is 0 Å². The van der Waals surface area contributed by atoms with Gasteiger partial charge in [-0.3, -0.25) is 0 Å². The first-order valence-corrected chi connectivity index (χ1v) is 5.71. The Morgan fingerprint density at radius 3 is 2.69 bits per heavy atom. The molecule has 0 unspecified atom stereocenters. The van der Waals surface area contributed by atoms with Crippen LogP contribution >= 0.6 is 0 Å². The summed E-state index contributed by atoms with van der Waals surface area (Å²) in [6, 6.07) is 7.75. The minimum absolute atomic E-state index is 0.164. The summed E-state index contributed by atoms with van der Waals surface area (Å²) in [5.41, 5.74) is 1.47. The smallest absolute Gasteiger partial charge is 0.339 e. The number of esters is 1. The Labute approximate surface area is 95.0 Å². The molecule has 3 nitrogen and oxygen atoms in total. The Balaban J connectivity index is 2.02. The second-order valence-corrected chi connectivity index (χ2v) is 4.68. The van der Waals surface area contributed by atoms with Crippen LogP contribution in [0.4, 0.5) is 0 Å². The van der Waals surface area contributed by atoms with Gasteiger partial charge in [0.2, 0.25) is 0 Å². The molecule has 1 aromatic carbocycles. The summed E-state index contributed by atoms with van der Waals surface area (Å²) in [4.78, 5) is 13.0. The molecule has 0 aliphatic carbocycles. The van der Waals surface area contributed by atoms with Gasteiger partial charge in [-0.25, -0.2) is 4.79 Å². The van der Waals surface area contributed by atoms with Crippen LogP contribution in [-0.4, -0.2) is 19.1 Å². The number of fused-ring (bicyclic) bond motifs is 2. The average Bonchev–Trinajstić information content (AvgIpc) is 2.58. The molecular weight excluding hydrogens is 202 g/mol. The topological polar surface area (TPSA) is 30.7 Å². The van der Waals surface area contributed by atoms with Crippen molar-refractivity contribution in [3.8, 4) is 0 Å². The van der Waals surface area contributed by atoms with E-state index in [2.05, 4.69) is 7.05 Å². The highest BCUT2D eigenvalue weighted by molar-refractivity contribution is 5.94. The normalized spacial score (nSPS) is 32.6. The fourth-order valence-electron chi connectivity index (χ4n) is 2.72. The third-order valence-electron chi connectivity index (χ3n) is 3.69. The summed E-state index contributed by atoms with van der Waals surface area (Å²) in [7, 11) is 4.00. The first kappa shape index (κ1) is 9.85. The fourth-order valence-corrected chi connectivity index (χ4v) is 2.72. The molecular formula is C13H15NO2. The molecule has 2 heterocycles. The van der Waals surface area contributed by atoms with Gasteiger partial charge in [-0.05, 0) is 6.07 Å². The van der Waals surface area contributed by atoms with Crippen LogP contribution < -0.4 is 4.90 Å². The third kappa shape index (κ3) is 1.28. The predicted molar refractivity (Wildman–Crippen MR) is 58.8 cm³/mol. The van der Waals surface area contributed by atoms with E-state index in [9.17, 15) is 4.79 Å². The number of hydrogen-bond acceptors (Lipinski definition) is 2. The van der Waals surface area contributed by atoms with Crippen LogP contribution in [0.1, 0.15) is 28.8 Å². The van der Waals surface area contributed by atoms with E-state index in [4.69, 9.17) is 4.74 Å². The molecule has 2 aliphatic heterocycles. The van der Waals surface area contributed by atoms with E-state index < -0.39 is 0 Å². The van der Waals surface area contributed by atoms with Gasteiger partial charge in [0.05, 0.1) is 18.7 Å². The SMILES string of the molecule is [CH2-][NH+]1CCC2(CC1)OC(=O)c1ccccc12. The molecule has 1 aromatic rings. The Morgan fingerprint density at radius 2 is 1.94 bits per heavy atom. The number of nitrogens with one attached hydrogen (secondary N) is 1.